The lowest BCUT2D eigenvalue weighted by Crippen LogP contribution is -2.42. The lowest BCUT2D eigenvalue weighted by atomic mass is 9.94. The van der Waals surface area contributed by atoms with Gasteiger partial charge in [0.1, 0.15) is 17.5 Å². The van der Waals surface area contributed by atoms with Crippen molar-refractivity contribution in [1.29, 1.82) is 0 Å². The number of carbonyl (C=O) groups excluding carboxylic acids is 1. The van der Waals surface area contributed by atoms with Crippen LogP contribution in [0, 0.1) is 18.6 Å². The van der Waals surface area contributed by atoms with Crippen molar-refractivity contribution in [3.8, 4) is 5.69 Å². The minimum absolute atomic E-state index is 0. The Morgan fingerprint density at radius 1 is 1.10 bits per heavy atom. The Morgan fingerprint density at radius 2 is 1.80 bits per heavy atom. The summed E-state index contributed by atoms with van der Waals surface area (Å²) in [6.07, 6.45) is 2.12. The van der Waals surface area contributed by atoms with E-state index in [0.29, 0.717) is 37.6 Å². The number of halogens is 4. The number of carbonyl (C=O) groups is 1. The molecule has 5 rings (SSSR count). The largest absolute Gasteiger partial charge is 0.383 e. The highest BCUT2D eigenvalue weighted by atomic mass is 35.5. The van der Waals surface area contributed by atoms with Crippen LogP contribution in [0.3, 0.4) is 0 Å². The number of nitrogens with zero attached hydrogens (tertiary/aromatic N) is 4. The first-order chi connectivity index (χ1) is 18.8. The van der Waals surface area contributed by atoms with Crippen LogP contribution in [-0.2, 0) is 4.74 Å². The van der Waals surface area contributed by atoms with Crippen LogP contribution in [0.1, 0.15) is 41.6 Å². The van der Waals surface area contributed by atoms with Crippen LogP contribution in [0.15, 0.2) is 48.5 Å². The van der Waals surface area contributed by atoms with Gasteiger partial charge < -0.3 is 10.1 Å². The second kappa shape index (κ2) is 14.4. The molecule has 41 heavy (non-hydrogen) atoms. The number of urea groups is 1. The molecule has 2 aromatic carbocycles. The molecule has 8 nitrogen and oxygen atoms in total. The number of benzene rings is 2. The molecule has 0 bridgehead atoms. The van der Waals surface area contributed by atoms with E-state index in [-0.39, 0.29) is 48.8 Å². The van der Waals surface area contributed by atoms with Crippen molar-refractivity contribution in [3.63, 3.8) is 0 Å². The van der Waals surface area contributed by atoms with E-state index in [2.05, 4.69) is 27.5 Å². The molecule has 3 aromatic rings. The second-order valence-electron chi connectivity index (χ2n) is 10.5. The second-order valence-corrected chi connectivity index (χ2v) is 10.5. The number of rotatable bonds is 8. The molecule has 3 atom stereocenters. The Morgan fingerprint density at radius 3 is 2.44 bits per heavy atom. The van der Waals surface area contributed by atoms with Gasteiger partial charge in [-0.1, -0.05) is 18.2 Å². The Labute approximate surface area is 252 Å². The zero-order chi connectivity index (χ0) is 27.5. The van der Waals surface area contributed by atoms with Crippen molar-refractivity contribution >= 4 is 36.7 Å². The fraction of sp³-hybridized carbons (Fsp3) is 0.448. The van der Waals surface area contributed by atoms with Gasteiger partial charge in [0.25, 0.3) is 0 Å². The van der Waals surface area contributed by atoms with Gasteiger partial charge in [0.15, 0.2) is 0 Å². The number of aromatic nitrogens is 2. The number of hydrogen-bond donors (Lipinski definition) is 2. The van der Waals surface area contributed by atoms with Gasteiger partial charge in [-0.2, -0.15) is 5.10 Å². The van der Waals surface area contributed by atoms with Crippen molar-refractivity contribution in [2.75, 3.05) is 52.3 Å². The zero-order valence-corrected chi connectivity index (χ0v) is 25.1. The van der Waals surface area contributed by atoms with Gasteiger partial charge >= 0.3 is 6.03 Å². The number of para-hydroxylation sites is 1. The number of methoxy groups -OCH3 is 1. The van der Waals surface area contributed by atoms with E-state index in [4.69, 9.17) is 9.84 Å². The maximum absolute atomic E-state index is 14.1. The predicted octanol–water partition coefficient (Wildman–Crippen LogP) is 5.31. The fourth-order valence-corrected chi connectivity index (χ4v) is 5.86. The summed E-state index contributed by atoms with van der Waals surface area (Å²) < 4.78 is 35.2. The number of nitrogens with one attached hydrogen (secondary N) is 2. The van der Waals surface area contributed by atoms with Crippen LogP contribution < -0.4 is 10.6 Å². The van der Waals surface area contributed by atoms with Gasteiger partial charge in [0, 0.05) is 44.3 Å². The maximum atomic E-state index is 14.1. The highest BCUT2D eigenvalue weighted by molar-refractivity contribution is 5.90. The van der Waals surface area contributed by atoms with Crippen molar-refractivity contribution in [1.82, 2.24) is 24.9 Å². The fourth-order valence-electron chi connectivity index (χ4n) is 5.86. The average Bonchev–Trinajstić information content (AvgIpc) is 3.60. The summed E-state index contributed by atoms with van der Waals surface area (Å²) in [5.74, 6) is -0.928. The van der Waals surface area contributed by atoms with Gasteiger partial charge in [-0.05, 0) is 63.2 Å². The Kier molecular flexibility index (Phi) is 11.5. The minimum Gasteiger partial charge on any atom is -0.383 e. The average molecular weight is 612 g/mol. The molecule has 2 N–H and O–H groups in total. The molecule has 0 radical (unpaired) electrons. The zero-order valence-electron chi connectivity index (χ0n) is 23.5. The van der Waals surface area contributed by atoms with Crippen LogP contribution in [-0.4, -0.2) is 78.6 Å². The third kappa shape index (κ3) is 7.37. The van der Waals surface area contributed by atoms with Gasteiger partial charge in [0.05, 0.1) is 30.1 Å². The summed E-state index contributed by atoms with van der Waals surface area (Å²) in [6.45, 7) is 5.27. The lowest BCUT2D eigenvalue weighted by Gasteiger charge is -2.21. The van der Waals surface area contributed by atoms with Gasteiger partial charge in [-0.3, -0.25) is 15.1 Å². The van der Waals surface area contributed by atoms with E-state index in [9.17, 15) is 13.6 Å². The standard InChI is InChI=1S/C29H36F2N6O2.2ClH/c1-19-27(26-10-7-11-35(26)2)34-37(23-8-5-4-6-9-23)28(19)33-29(38)32-25-18-36(12-13-39-3)17-24(25)20-14-21(30)16-22(31)15-20;;/h4-6,8-9,14-16,24-26H,7,10-13,17-18H2,1-3H3,(H2,32,33,38);2*1H/t24-,25+,26-;;/m0../s1. The highest BCUT2D eigenvalue weighted by Crippen LogP contribution is 2.35. The summed E-state index contributed by atoms with van der Waals surface area (Å²) in [4.78, 5) is 17.9. The van der Waals surface area contributed by atoms with E-state index in [1.165, 1.54) is 12.1 Å². The quantitative estimate of drug-likeness (QED) is 0.362. The first-order valence-corrected chi connectivity index (χ1v) is 13.4. The van der Waals surface area contributed by atoms with Gasteiger partial charge in [-0.15, -0.1) is 24.8 Å². The Bertz CT molecular complexity index is 1290. The molecule has 0 saturated carbocycles. The van der Waals surface area contributed by atoms with E-state index in [0.717, 1.165) is 42.4 Å². The summed E-state index contributed by atoms with van der Waals surface area (Å²) in [7, 11) is 3.73. The Balaban J connectivity index is 0.00000231. The molecule has 12 heteroatoms. The van der Waals surface area contributed by atoms with Crippen molar-refractivity contribution in [3.05, 3.63) is 77.0 Å². The van der Waals surface area contributed by atoms with E-state index in [1.54, 1.807) is 11.8 Å². The molecule has 2 fully saturated rings. The van der Waals surface area contributed by atoms with Crippen LogP contribution in [0.2, 0.25) is 0 Å². The summed E-state index contributed by atoms with van der Waals surface area (Å²) in [5.41, 5.74) is 3.25. The molecule has 2 amide bonds. The monoisotopic (exact) mass is 610 g/mol. The number of ether oxygens (including phenoxy) is 1. The summed E-state index contributed by atoms with van der Waals surface area (Å²) >= 11 is 0. The van der Waals surface area contributed by atoms with Crippen LogP contribution in [0.25, 0.3) is 5.69 Å². The highest BCUT2D eigenvalue weighted by Gasteiger charge is 2.36. The van der Waals surface area contributed by atoms with E-state index < -0.39 is 11.6 Å². The first kappa shape index (κ1) is 32.8. The van der Waals surface area contributed by atoms with Crippen LogP contribution in [0.5, 0.6) is 0 Å². The third-order valence-electron chi connectivity index (χ3n) is 7.86. The molecule has 2 saturated heterocycles. The number of anilines is 1. The lowest BCUT2D eigenvalue weighted by molar-refractivity contribution is 0.159. The molecular formula is C29H38Cl2F2N6O2. The molecule has 2 aliphatic rings. The van der Waals surface area contributed by atoms with Crippen molar-refractivity contribution in [2.24, 2.45) is 0 Å². The molecule has 3 heterocycles. The topological polar surface area (TPSA) is 74.7 Å². The molecular weight excluding hydrogens is 573 g/mol. The molecule has 1 aromatic heterocycles. The minimum atomic E-state index is -0.629. The van der Waals surface area contributed by atoms with E-state index in [1.807, 2.05) is 37.3 Å². The first-order valence-electron chi connectivity index (χ1n) is 13.4. The smallest absolute Gasteiger partial charge is 0.320 e. The van der Waals surface area contributed by atoms with Crippen molar-refractivity contribution in [2.45, 2.75) is 37.8 Å². The SMILES string of the molecule is COCCN1C[C@@H](NC(=O)Nc2c(C)c([C@@H]3CCCN3C)nn2-c2ccccc2)[C@H](c2cc(F)cc(F)c2)C1.Cl.Cl. The van der Waals surface area contributed by atoms with E-state index >= 15 is 0 Å². The van der Waals surface area contributed by atoms with Crippen LogP contribution >= 0.6 is 24.8 Å². The number of hydrogen-bond acceptors (Lipinski definition) is 5. The molecule has 2 aliphatic heterocycles. The number of likely N-dealkylation sites (tertiary alicyclic amines) is 2. The normalized spacial score (nSPS) is 20.9. The van der Waals surface area contributed by atoms with Crippen molar-refractivity contribution < 1.29 is 18.3 Å². The molecule has 0 unspecified atom stereocenters. The van der Waals surface area contributed by atoms with Crippen LogP contribution in [0.4, 0.5) is 19.4 Å². The number of amides is 2. The molecule has 0 aliphatic carbocycles. The molecule has 0 spiro atoms. The third-order valence-corrected chi connectivity index (χ3v) is 7.86. The van der Waals surface area contributed by atoms with Gasteiger partial charge in [0.2, 0.25) is 0 Å². The Hall–Kier alpha value is -2.76. The summed E-state index contributed by atoms with van der Waals surface area (Å²) in [6, 6.07) is 12.7. The predicted molar refractivity (Wildman–Crippen MR) is 161 cm³/mol. The maximum Gasteiger partial charge on any atom is 0.320 e. The van der Waals surface area contributed by atoms with Gasteiger partial charge in [-0.25, -0.2) is 18.3 Å². The molecule has 224 valence electrons. The summed E-state index contributed by atoms with van der Waals surface area (Å²) in [5, 5.41) is 11.1.